The number of nitrogens with zero attached hydrogens (tertiary/aromatic N) is 5. The Labute approximate surface area is 135 Å². The molecule has 0 radical (unpaired) electrons. The van der Waals surface area contributed by atoms with E-state index in [0.717, 1.165) is 5.56 Å². The highest BCUT2D eigenvalue weighted by atomic mass is 32.2. The fourth-order valence-electron chi connectivity index (χ4n) is 1.91. The molecule has 0 aliphatic rings. The van der Waals surface area contributed by atoms with Crippen LogP contribution in [-0.4, -0.2) is 24.8 Å². The van der Waals surface area contributed by atoms with Crippen molar-refractivity contribution in [3.63, 3.8) is 0 Å². The summed E-state index contributed by atoms with van der Waals surface area (Å²) >= 11 is 1.40. The minimum absolute atomic E-state index is 0.0678. The summed E-state index contributed by atoms with van der Waals surface area (Å²) in [5, 5.41) is 19.3. The summed E-state index contributed by atoms with van der Waals surface area (Å²) in [4.78, 5) is 14.4. The zero-order valence-electron chi connectivity index (χ0n) is 11.9. The number of pyridine rings is 1. The van der Waals surface area contributed by atoms with Crippen LogP contribution in [0.3, 0.4) is 0 Å². The highest BCUT2D eigenvalue weighted by molar-refractivity contribution is 7.98. The Morgan fingerprint density at radius 2 is 1.96 bits per heavy atom. The summed E-state index contributed by atoms with van der Waals surface area (Å²) in [5.74, 6) is 7.07. The Morgan fingerprint density at radius 3 is 2.61 bits per heavy atom. The molecule has 0 unspecified atom stereocenters. The molecule has 0 bridgehead atoms. The van der Waals surface area contributed by atoms with Crippen molar-refractivity contribution >= 4 is 17.4 Å². The molecule has 0 amide bonds. The fraction of sp³-hybridized carbons (Fsp3) is 0.0714. The van der Waals surface area contributed by atoms with Crippen molar-refractivity contribution in [2.75, 3.05) is 5.84 Å². The van der Waals surface area contributed by atoms with E-state index in [4.69, 9.17) is 5.84 Å². The first-order valence-corrected chi connectivity index (χ1v) is 7.62. The summed E-state index contributed by atoms with van der Waals surface area (Å²) in [6, 6.07) is 11.8. The van der Waals surface area contributed by atoms with Crippen molar-refractivity contribution in [1.29, 1.82) is 0 Å². The third-order valence-corrected chi connectivity index (χ3v) is 4.09. The van der Waals surface area contributed by atoms with E-state index in [-0.39, 0.29) is 5.69 Å². The third-order valence-electron chi connectivity index (χ3n) is 3.07. The molecule has 2 heterocycles. The largest absolute Gasteiger partial charge is 0.335 e. The minimum Gasteiger partial charge on any atom is -0.335 e. The van der Waals surface area contributed by atoms with Gasteiger partial charge >= 0.3 is 0 Å². The number of hydrogen-bond acceptors (Lipinski definition) is 7. The van der Waals surface area contributed by atoms with Crippen molar-refractivity contribution in [3.8, 4) is 11.5 Å². The van der Waals surface area contributed by atoms with Gasteiger partial charge in [0, 0.05) is 24.1 Å². The van der Waals surface area contributed by atoms with Gasteiger partial charge in [0.05, 0.1) is 4.92 Å². The number of hydrogen-bond donors (Lipinski definition) is 1. The maximum atomic E-state index is 10.6. The predicted octanol–water partition coefficient (Wildman–Crippen LogP) is 2.25. The number of benzene rings is 1. The zero-order chi connectivity index (χ0) is 16.2. The second kappa shape index (κ2) is 6.44. The summed E-state index contributed by atoms with van der Waals surface area (Å²) in [6.07, 6.45) is 1.66. The molecule has 1 aromatic carbocycles. The molecule has 23 heavy (non-hydrogen) atoms. The van der Waals surface area contributed by atoms with E-state index in [1.54, 1.807) is 24.4 Å². The van der Waals surface area contributed by atoms with Crippen LogP contribution in [0.25, 0.3) is 11.5 Å². The van der Waals surface area contributed by atoms with Crippen LogP contribution in [-0.2, 0) is 5.75 Å². The van der Waals surface area contributed by atoms with Crippen LogP contribution in [0.2, 0.25) is 0 Å². The van der Waals surface area contributed by atoms with Crippen LogP contribution in [0.5, 0.6) is 0 Å². The minimum atomic E-state index is -0.424. The molecule has 2 aromatic heterocycles. The van der Waals surface area contributed by atoms with E-state index in [1.165, 1.54) is 28.6 Å². The summed E-state index contributed by atoms with van der Waals surface area (Å²) < 4.78 is 1.39. The molecule has 8 nitrogen and oxygen atoms in total. The second-order valence-corrected chi connectivity index (χ2v) is 5.55. The lowest BCUT2D eigenvalue weighted by Crippen LogP contribution is -2.12. The van der Waals surface area contributed by atoms with Crippen molar-refractivity contribution in [1.82, 2.24) is 19.9 Å². The number of rotatable bonds is 5. The first-order chi connectivity index (χ1) is 11.1. The van der Waals surface area contributed by atoms with Crippen LogP contribution in [0, 0.1) is 10.1 Å². The number of thioether (sulfide) groups is 1. The van der Waals surface area contributed by atoms with Gasteiger partial charge in [-0.2, -0.15) is 0 Å². The number of non-ortho nitro benzene ring substituents is 1. The molecule has 0 spiro atoms. The van der Waals surface area contributed by atoms with Crippen molar-refractivity contribution in [2.24, 2.45) is 0 Å². The van der Waals surface area contributed by atoms with Crippen LogP contribution >= 0.6 is 11.8 Å². The van der Waals surface area contributed by atoms with Gasteiger partial charge in [-0.15, -0.1) is 10.2 Å². The van der Waals surface area contributed by atoms with Crippen LogP contribution < -0.4 is 5.84 Å². The van der Waals surface area contributed by atoms with Crippen molar-refractivity contribution in [3.05, 3.63) is 64.3 Å². The van der Waals surface area contributed by atoms with Crippen LogP contribution in [0.1, 0.15) is 5.56 Å². The Balaban J connectivity index is 1.72. The lowest BCUT2D eigenvalue weighted by molar-refractivity contribution is -0.384. The van der Waals surface area contributed by atoms with Gasteiger partial charge in [-0.3, -0.25) is 15.1 Å². The first-order valence-electron chi connectivity index (χ1n) is 6.63. The monoisotopic (exact) mass is 328 g/mol. The van der Waals surface area contributed by atoms with E-state index < -0.39 is 4.92 Å². The van der Waals surface area contributed by atoms with Gasteiger partial charge < -0.3 is 5.84 Å². The topological polar surface area (TPSA) is 113 Å². The van der Waals surface area contributed by atoms with Gasteiger partial charge in [-0.1, -0.05) is 30.0 Å². The molecular formula is C14H12N6O2S. The zero-order valence-corrected chi connectivity index (χ0v) is 12.7. The average Bonchev–Trinajstić information content (AvgIpc) is 2.95. The lowest BCUT2D eigenvalue weighted by Gasteiger charge is -2.03. The third kappa shape index (κ3) is 3.29. The Kier molecular flexibility index (Phi) is 4.20. The number of nitrogens with two attached hydrogens (primary N) is 1. The second-order valence-electron chi connectivity index (χ2n) is 4.60. The number of nitro benzene ring substituents is 1. The van der Waals surface area contributed by atoms with Crippen molar-refractivity contribution < 1.29 is 4.92 Å². The Hall–Kier alpha value is -2.94. The molecule has 0 aliphatic heterocycles. The van der Waals surface area contributed by atoms with Gasteiger partial charge in [0.1, 0.15) is 5.69 Å². The molecule has 0 saturated carbocycles. The van der Waals surface area contributed by atoms with Gasteiger partial charge in [0.25, 0.3) is 5.69 Å². The van der Waals surface area contributed by atoms with Gasteiger partial charge in [0.15, 0.2) is 0 Å². The maximum absolute atomic E-state index is 10.6. The van der Waals surface area contributed by atoms with E-state index in [2.05, 4.69) is 15.2 Å². The lowest BCUT2D eigenvalue weighted by atomic mass is 10.2. The molecule has 3 aromatic rings. The number of aromatic nitrogens is 4. The van der Waals surface area contributed by atoms with Crippen molar-refractivity contribution in [2.45, 2.75) is 10.9 Å². The normalized spacial score (nSPS) is 10.6. The van der Waals surface area contributed by atoms with Crippen LogP contribution in [0.15, 0.2) is 53.8 Å². The molecule has 3 rings (SSSR count). The van der Waals surface area contributed by atoms with Gasteiger partial charge in [-0.05, 0) is 17.7 Å². The van der Waals surface area contributed by atoms with Crippen LogP contribution in [0.4, 0.5) is 5.69 Å². The van der Waals surface area contributed by atoms with E-state index in [1.807, 2.05) is 12.1 Å². The maximum Gasteiger partial charge on any atom is 0.269 e. The summed E-state index contributed by atoms with van der Waals surface area (Å²) in [7, 11) is 0. The number of nitrogen functional groups attached to an aromatic ring is 1. The fourth-order valence-corrected chi connectivity index (χ4v) is 2.72. The van der Waals surface area contributed by atoms with E-state index >= 15 is 0 Å². The molecule has 0 saturated heterocycles. The summed E-state index contributed by atoms with van der Waals surface area (Å²) in [5.41, 5.74) is 1.64. The molecular weight excluding hydrogens is 316 g/mol. The van der Waals surface area contributed by atoms with Gasteiger partial charge in [0.2, 0.25) is 11.0 Å². The molecule has 9 heteroatoms. The molecule has 0 atom stereocenters. The molecule has 2 N–H and O–H groups in total. The average molecular weight is 328 g/mol. The smallest absolute Gasteiger partial charge is 0.269 e. The SMILES string of the molecule is Nn1c(SCc2ccc([N+](=O)[O-])cc2)nnc1-c1ccccn1. The van der Waals surface area contributed by atoms with E-state index in [9.17, 15) is 10.1 Å². The first kappa shape index (κ1) is 15.0. The highest BCUT2D eigenvalue weighted by Crippen LogP contribution is 2.24. The molecule has 0 aliphatic carbocycles. The Morgan fingerprint density at radius 1 is 1.17 bits per heavy atom. The summed E-state index contributed by atoms with van der Waals surface area (Å²) in [6.45, 7) is 0. The van der Waals surface area contributed by atoms with E-state index in [0.29, 0.717) is 22.4 Å². The number of nitro groups is 1. The predicted molar refractivity (Wildman–Crippen MR) is 86.1 cm³/mol. The quantitative estimate of drug-likeness (QED) is 0.331. The van der Waals surface area contributed by atoms with Gasteiger partial charge in [-0.25, -0.2) is 4.68 Å². The molecule has 116 valence electrons. The highest BCUT2D eigenvalue weighted by Gasteiger charge is 2.13. The Bertz CT molecular complexity index is 819. The standard InChI is InChI=1S/C14H12N6O2S/c15-19-13(12-3-1-2-8-16-12)17-18-14(19)23-9-10-4-6-11(7-5-10)20(21)22/h1-8H,9,15H2. The molecule has 0 fully saturated rings.